The molecule has 1 saturated heterocycles. The highest BCUT2D eigenvalue weighted by molar-refractivity contribution is 6.34. The third kappa shape index (κ3) is 3.00. The smallest absolute Gasteiger partial charge is 0.312 e. The molecule has 2 atom stereocenters. The van der Waals surface area contributed by atoms with Gasteiger partial charge in [0.15, 0.2) is 0 Å². The SMILES string of the molecule is CC(C)n1cc2ccc([C@@H]3CC[C@@H](C)CN3C(=O)C(N)=O)cc2n1. The predicted octanol–water partition coefficient (Wildman–Crippen LogP) is 2.40. The first-order chi connectivity index (χ1) is 11.4. The monoisotopic (exact) mass is 328 g/mol. The summed E-state index contributed by atoms with van der Waals surface area (Å²) in [6.07, 6.45) is 3.88. The van der Waals surface area contributed by atoms with E-state index in [0.29, 0.717) is 18.5 Å². The fourth-order valence-corrected chi connectivity index (χ4v) is 3.39. The molecule has 6 heteroatoms. The number of amides is 2. The van der Waals surface area contributed by atoms with Gasteiger partial charge in [-0.05, 0) is 44.2 Å². The number of piperidine rings is 1. The topological polar surface area (TPSA) is 81.2 Å². The quantitative estimate of drug-likeness (QED) is 0.860. The van der Waals surface area contributed by atoms with Crippen LogP contribution in [0.5, 0.6) is 0 Å². The van der Waals surface area contributed by atoms with Crippen LogP contribution in [0.25, 0.3) is 10.9 Å². The average molecular weight is 328 g/mol. The molecule has 0 unspecified atom stereocenters. The largest absolute Gasteiger partial charge is 0.361 e. The van der Waals surface area contributed by atoms with Crippen molar-refractivity contribution in [1.29, 1.82) is 0 Å². The lowest BCUT2D eigenvalue weighted by Gasteiger charge is -2.38. The molecule has 1 aromatic carbocycles. The lowest BCUT2D eigenvalue weighted by atomic mass is 9.89. The Balaban J connectivity index is 1.97. The van der Waals surface area contributed by atoms with Gasteiger partial charge in [-0.15, -0.1) is 0 Å². The summed E-state index contributed by atoms with van der Waals surface area (Å²) in [5.41, 5.74) is 7.15. The summed E-state index contributed by atoms with van der Waals surface area (Å²) in [6.45, 7) is 6.82. The van der Waals surface area contributed by atoms with E-state index < -0.39 is 11.8 Å². The Morgan fingerprint density at radius 1 is 1.29 bits per heavy atom. The molecule has 2 heterocycles. The van der Waals surface area contributed by atoms with Gasteiger partial charge in [-0.1, -0.05) is 19.1 Å². The zero-order valence-electron chi connectivity index (χ0n) is 14.4. The van der Waals surface area contributed by atoms with Crippen LogP contribution < -0.4 is 5.73 Å². The van der Waals surface area contributed by atoms with Gasteiger partial charge in [-0.2, -0.15) is 5.10 Å². The first-order valence-corrected chi connectivity index (χ1v) is 8.46. The molecule has 3 rings (SSSR count). The number of primary amides is 1. The van der Waals surface area contributed by atoms with Crippen LogP contribution in [0, 0.1) is 5.92 Å². The number of likely N-dealkylation sites (tertiary alicyclic amines) is 1. The van der Waals surface area contributed by atoms with Crippen LogP contribution in [0.15, 0.2) is 24.4 Å². The van der Waals surface area contributed by atoms with Gasteiger partial charge in [0.05, 0.1) is 11.6 Å². The number of fused-ring (bicyclic) bond motifs is 1. The van der Waals surface area contributed by atoms with Crippen LogP contribution in [0.1, 0.15) is 51.3 Å². The molecule has 0 saturated carbocycles. The van der Waals surface area contributed by atoms with E-state index in [9.17, 15) is 9.59 Å². The molecule has 0 bridgehead atoms. The molecule has 1 fully saturated rings. The van der Waals surface area contributed by atoms with Gasteiger partial charge in [0, 0.05) is 24.2 Å². The highest BCUT2D eigenvalue weighted by atomic mass is 16.2. The minimum absolute atomic E-state index is 0.116. The minimum Gasteiger partial charge on any atom is -0.361 e. The third-order valence-corrected chi connectivity index (χ3v) is 4.75. The zero-order chi connectivity index (χ0) is 17.4. The molecule has 128 valence electrons. The molecule has 24 heavy (non-hydrogen) atoms. The van der Waals surface area contributed by atoms with Gasteiger partial charge in [0.2, 0.25) is 0 Å². The van der Waals surface area contributed by atoms with Crippen LogP contribution in [-0.4, -0.2) is 33.0 Å². The Morgan fingerprint density at radius 2 is 2.04 bits per heavy atom. The summed E-state index contributed by atoms with van der Waals surface area (Å²) in [5.74, 6) is -1.12. The standard InChI is InChI=1S/C18H24N4O2/c1-11(2)22-10-14-6-5-13(8-15(14)20-22)16-7-4-12(3)9-21(16)18(24)17(19)23/h5-6,8,10-12,16H,4,7,9H2,1-3H3,(H2,19,23)/t12-,16+/m1/s1. The van der Waals surface area contributed by atoms with Crippen molar-refractivity contribution in [2.75, 3.05) is 6.54 Å². The van der Waals surface area contributed by atoms with Crippen LogP contribution >= 0.6 is 0 Å². The predicted molar refractivity (Wildman–Crippen MR) is 92.2 cm³/mol. The number of nitrogens with two attached hydrogens (primary N) is 1. The maximum Gasteiger partial charge on any atom is 0.312 e. The number of hydrogen-bond donors (Lipinski definition) is 1. The van der Waals surface area contributed by atoms with Gasteiger partial charge >= 0.3 is 11.8 Å². The van der Waals surface area contributed by atoms with E-state index in [1.807, 2.05) is 29.1 Å². The van der Waals surface area contributed by atoms with Crippen LogP contribution in [0.2, 0.25) is 0 Å². The van der Waals surface area contributed by atoms with E-state index in [0.717, 1.165) is 29.3 Å². The summed E-state index contributed by atoms with van der Waals surface area (Å²) in [6, 6.07) is 6.26. The molecule has 1 aliphatic heterocycles. The van der Waals surface area contributed by atoms with Gasteiger partial charge in [0.1, 0.15) is 0 Å². The van der Waals surface area contributed by atoms with E-state index in [4.69, 9.17) is 5.73 Å². The number of rotatable bonds is 2. The van der Waals surface area contributed by atoms with Gasteiger partial charge < -0.3 is 10.6 Å². The lowest BCUT2D eigenvalue weighted by molar-refractivity contribution is -0.147. The van der Waals surface area contributed by atoms with Crippen molar-refractivity contribution >= 4 is 22.7 Å². The molecule has 0 aliphatic carbocycles. The summed E-state index contributed by atoms with van der Waals surface area (Å²) in [5, 5.41) is 5.68. The number of aromatic nitrogens is 2. The van der Waals surface area contributed by atoms with Gasteiger partial charge in [-0.25, -0.2) is 0 Å². The van der Waals surface area contributed by atoms with Crippen molar-refractivity contribution in [2.45, 2.75) is 45.7 Å². The lowest BCUT2D eigenvalue weighted by Crippen LogP contribution is -2.46. The Kier molecular flexibility index (Phi) is 4.30. The summed E-state index contributed by atoms with van der Waals surface area (Å²) >= 11 is 0. The van der Waals surface area contributed by atoms with E-state index in [2.05, 4.69) is 25.9 Å². The summed E-state index contributed by atoms with van der Waals surface area (Å²) in [7, 11) is 0. The second-order valence-corrected chi connectivity index (χ2v) is 7.04. The van der Waals surface area contributed by atoms with Crippen molar-refractivity contribution in [3.05, 3.63) is 30.0 Å². The number of benzene rings is 1. The molecule has 1 aliphatic rings. The van der Waals surface area contributed by atoms with Crippen molar-refractivity contribution < 1.29 is 9.59 Å². The zero-order valence-corrected chi connectivity index (χ0v) is 14.4. The first kappa shape index (κ1) is 16.5. The van der Waals surface area contributed by atoms with Crippen molar-refractivity contribution in [2.24, 2.45) is 11.7 Å². The maximum absolute atomic E-state index is 12.2. The number of nitrogens with zero attached hydrogens (tertiary/aromatic N) is 3. The summed E-state index contributed by atoms with van der Waals surface area (Å²) < 4.78 is 1.93. The molecule has 2 aromatic rings. The second kappa shape index (κ2) is 6.26. The van der Waals surface area contributed by atoms with E-state index in [1.165, 1.54) is 0 Å². The molecule has 0 spiro atoms. The fourth-order valence-electron chi connectivity index (χ4n) is 3.39. The normalized spacial score (nSPS) is 21.4. The molecular formula is C18H24N4O2. The van der Waals surface area contributed by atoms with E-state index in [1.54, 1.807) is 4.90 Å². The minimum atomic E-state index is -0.890. The Labute approximate surface area is 141 Å². The highest BCUT2D eigenvalue weighted by Crippen LogP contribution is 2.34. The molecular weight excluding hydrogens is 304 g/mol. The Hall–Kier alpha value is -2.37. The van der Waals surface area contributed by atoms with Crippen molar-refractivity contribution in [3.8, 4) is 0 Å². The van der Waals surface area contributed by atoms with Crippen molar-refractivity contribution in [3.63, 3.8) is 0 Å². The van der Waals surface area contributed by atoms with Crippen molar-refractivity contribution in [1.82, 2.24) is 14.7 Å². The van der Waals surface area contributed by atoms with E-state index >= 15 is 0 Å². The van der Waals surface area contributed by atoms with Crippen LogP contribution in [-0.2, 0) is 9.59 Å². The highest BCUT2D eigenvalue weighted by Gasteiger charge is 2.33. The molecule has 2 amide bonds. The van der Waals surface area contributed by atoms with E-state index in [-0.39, 0.29) is 6.04 Å². The van der Waals surface area contributed by atoms with Crippen LogP contribution in [0.4, 0.5) is 0 Å². The van der Waals surface area contributed by atoms with Gasteiger partial charge in [0.25, 0.3) is 0 Å². The second-order valence-electron chi connectivity index (χ2n) is 7.04. The summed E-state index contributed by atoms with van der Waals surface area (Å²) in [4.78, 5) is 25.2. The average Bonchev–Trinajstić information content (AvgIpc) is 2.97. The maximum atomic E-state index is 12.2. The number of carbonyl (C=O) groups excluding carboxylic acids is 2. The molecule has 2 N–H and O–H groups in total. The molecule has 6 nitrogen and oxygen atoms in total. The van der Waals surface area contributed by atoms with Crippen LogP contribution in [0.3, 0.4) is 0 Å². The molecule has 1 aromatic heterocycles. The fraction of sp³-hybridized carbons (Fsp3) is 0.500. The van der Waals surface area contributed by atoms with Gasteiger partial charge in [-0.3, -0.25) is 14.3 Å². The molecule has 0 radical (unpaired) electrons. The third-order valence-electron chi connectivity index (χ3n) is 4.75. The number of hydrogen-bond acceptors (Lipinski definition) is 3. The first-order valence-electron chi connectivity index (χ1n) is 8.46. The number of carbonyl (C=O) groups is 2. The Morgan fingerprint density at radius 3 is 2.71 bits per heavy atom. The Bertz CT molecular complexity index is 780.